The molecule has 0 aliphatic heterocycles. The van der Waals surface area contributed by atoms with Crippen molar-refractivity contribution in [3.63, 3.8) is 0 Å². The summed E-state index contributed by atoms with van der Waals surface area (Å²) >= 11 is 0. The molecule has 1 aromatic carbocycles. The molecule has 114 valence electrons. The lowest BCUT2D eigenvalue weighted by Crippen LogP contribution is -2.38. The van der Waals surface area contributed by atoms with Gasteiger partial charge in [-0.05, 0) is 20.4 Å². The van der Waals surface area contributed by atoms with Crippen LogP contribution in [-0.2, 0) is 13.6 Å². The van der Waals surface area contributed by atoms with Crippen LogP contribution in [0.3, 0.4) is 0 Å². The molecule has 0 radical (unpaired) electrons. The molecule has 2 rings (SSSR count). The molecule has 0 saturated heterocycles. The summed E-state index contributed by atoms with van der Waals surface area (Å²) in [6.45, 7) is 8.14. The Labute approximate surface area is 127 Å². The van der Waals surface area contributed by atoms with Crippen LogP contribution in [0.15, 0.2) is 36.5 Å². The van der Waals surface area contributed by atoms with Crippen LogP contribution < -0.4 is 0 Å². The van der Waals surface area contributed by atoms with Gasteiger partial charge < -0.3 is 5.11 Å². The Balaban J connectivity index is 2.24. The van der Waals surface area contributed by atoms with Crippen molar-refractivity contribution in [1.29, 1.82) is 0 Å². The molecule has 21 heavy (non-hydrogen) atoms. The summed E-state index contributed by atoms with van der Waals surface area (Å²) in [5.41, 5.74) is 2.65. The van der Waals surface area contributed by atoms with E-state index in [2.05, 4.69) is 35.3 Å². The Morgan fingerprint density at radius 2 is 1.90 bits per heavy atom. The fourth-order valence-electron chi connectivity index (χ4n) is 2.56. The summed E-state index contributed by atoms with van der Waals surface area (Å²) in [6, 6.07) is 10.2. The van der Waals surface area contributed by atoms with E-state index in [1.54, 1.807) is 0 Å². The third-order valence-corrected chi connectivity index (χ3v) is 3.40. The summed E-state index contributed by atoms with van der Waals surface area (Å²) in [4.78, 5) is 2.24. The monoisotopic (exact) mass is 287 g/mol. The van der Waals surface area contributed by atoms with Gasteiger partial charge in [-0.2, -0.15) is 5.10 Å². The van der Waals surface area contributed by atoms with Gasteiger partial charge >= 0.3 is 0 Å². The van der Waals surface area contributed by atoms with Crippen molar-refractivity contribution in [2.24, 2.45) is 7.05 Å². The molecule has 0 spiro atoms. The first-order valence-corrected chi connectivity index (χ1v) is 7.41. The molecule has 1 heterocycles. The smallest absolute Gasteiger partial charge is 0.0968 e. The first kappa shape index (κ1) is 15.7. The zero-order chi connectivity index (χ0) is 15.5. The third kappa shape index (κ3) is 4.41. The highest BCUT2D eigenvalue weighted by Gasteiger charge is 2.19. The maximum atomic E-state index is 10.0. The molecule has 0 fully saturated rings. The Kier molecular flexibility index (Phi) is 4.80. The second-order valence-corrected chi connectivity index (χ2v) is 6.16. The van der Waals surface area contributed by atoms with Crippen molar-refractivity contribution in [3.05, 3.63) is 42.1 Å². The van der Waals surface area contributed by atoms with Crippen LogP contribution in [-0.4, -0.2) is 38.5 Å². The Hall–Kier alpha value is -1.65. The van der Waals surface area contributed by atoms with Gasteiger partial charge in [0, 0.05) is 37.5 Å². The molecule has 0 saturated carbocycles. The zero-order valence-corrected chi connectivity index (χ0v) is 13.4. The van der Waals surface area contributed by atoms with Crippen LogP contribution in [0.1, 0.15) is 26.3 Å². The first-order valence-electron chi connectivity index (χ1n) is 7.41. The highest BCUT2D eigenvalue weighted by atomic mass is 16.3. The van der Waals surface area contributed by atoms with E-state index in [9.17, 15) is 5.11 Å². The summed E-state index contributed by atoms with van der Waals surface area (Å²) in [7, 11) is 1.95. The van der Waals surface area contributed by atoms with E-state index in [0.29, 0.717) is 6.54 Å². The second-order valence-electron chi connectivity index (χ2n) is 6.16. The zero-order valence-electron chi connectivity index (χ0n) is 13.4. The number of nitrogens with zero attached hydrogens (tertiary/aromatic N) is 3. The minimum absolute atomic E-state index is 0.645. The first-order chi connectivity index (χ1) is 9.89. The van der Waals surface area contributed by atoms with Crippen LogP contribution in [0.2, 0.25) is 0 Å². The molecule has 0 aliphatic carbocycles. The maximum Gasteiger partial charge on any atom is 0.0968 e. The van der Waals surface area contributed by atoms with E-state index in [1.165, 1.54) is 5.56 Å². The number of rotatable bonds is 6. The number of hydrogen-bond donors (Lipinski definition) is 1. The molecular formula is C17H25N3O. The standard InChI is InChI=1S/C17H25N3O/c1-5-20(13-17(2,3)21)12-15-11-19(4)18-16(15)14-9-7-6-8-10-14/h6-11,21H,5,12-13H2,1-4H3. The Morgan fingerprint density at radius 3 is 2.48 bits per heavy atom. The van der Waals surface area contributed by atoms with Crippen molar-refractivity contribution in [1.82, 2.24) is 14.7 Å². The van der Waals surface area contributed by atoms with Gasteiger partial charge in [0.25, 0.3) is 0 Å². The number of hydrogen-bond acceptors (Lipinski definition) is 3. The lowest BCUT2D eigenvalue weighted by atomic mass is 10.1. The topological polar surface area (TPSA) is 41.3 Å². The quantitative estimate of drug-likeness (QED) is 0.888. The van der Waals surface area contributed by atoms with E-state index in [1.807, 2.05) is 43.8 Å². The minimum atomic E-state index is -0.689. The van der Waals surface area contributed by atoms with Crippen LogP contribution >= 0.6 is 0 Å². The van der Waals surface area contributed by atoms with Gasteiger partial charge in [0.15, 0.2) is 0 Å². The molecule has 0 bridgehead atoms. The molecule has 1 N–H and O–H groups in total. The second kappa shape index (κ2) is 6.41. The minimum Gasteiger partial charge on any atom is -0.389 e. The van der Waals surface area contributed by atoms with Gasteiger partial charge in [-0.1, -0.05) is 37.3 Å². The average Bonchev–Trinajstić information content (AvgIpc) is 2.78. The fraction of sp³-hybridized carbons (Fsp3) is 0.471. The molecular weight excluding hydrogens is 262 g/mol. The number of benzene rings is 1. The van der Waals surface area contributed by atoms with Crippen molar-refractivity contribution in [3.8, 4) is 11.3 Å². The highest BCUT2D eigenvalue weighted by Crippen LogP contribution is 2.23. The van der Waals surface area contributed by atoms with E-state index in [4.69, 9.17) is 0 Å². The van der Waals surface area contributed by atoms with Crippen molar-refractivity contribution < 1.29 is 5.11 Å². The van der Waals surface area contributed by atoms with Gasteiger partial charge in [0.1, 0.15) is 0 Å². The fourth-order valence-corrected chi connectivity index (χ4v) is 2.56. The van der Waals surface area contributed by atoms with Gasteiger partial charge in [-0.3, -0.25) is 9.58 Å². The summed E-state index contributed by atoms with van der Waals surface area (Å²) in [5.74, 6) is 0. The predicted octanol–water partition coefficient (Wildman–Crippen LogP) is 2.68. The largest absolute Gasteiger partial charge is 0.389 e. The van der Waals surface area contributed by atoms with E-state index >= 15 is 0 Å². The van der Waals surface area contributed by atoms with Crippen molar-refractivity contribution >= 4 is 0 Å². The molecule has 0 amide bonds. The Morgan fingerprint density at radius 1 is 1.24 bits per heavy atom. The van der Waals surface area contributed by atoms with Crippen LogP contribution in [0.5, 0.6) is 0 Å². The highest BCUT2D eigenvalue weighted by molar-refractivity contribution is 5.62. The van der Waals surface area contributed by atoms with E-state index < -0.39 is 5.60 Å². The summed E-state index contributed by atoms with van der Waals surface area (Å²) in [5, 5.41) is 14.6. The van der Waals surface area contributed by atoms with Gasteiger partial charge in [0.2, 0.25) is 0 Å². The molecule has 0 atom stereocenters. The van der Waals surface area contributed by atoms with E-state index in [-0.39, 0.29) is 0 Å². The molecule has 4 heteroatoms. The maximum absolute atomic E-state index is 10.0. The number of aliphatic hydroxyl groups is 1. The van der Waals surface area contributed by atoms with Crippen LogP contribution in [0.4, 0.5) is 0 Å². The van der Waals surface area contributed by atoms with Crippen molar-refractivity contribution in [2.45, 2.75) is 32.9 Å². The van der Waals surface area contributed by atoms with Crippen molar-refractivity contribution in [2.75, 3.05) is 13.1 Å². The lowest BCUT2D eigenvalue weighted by Gasteiger charge is -2.27. The molecule has 1 aromatic heterocycles. The SMILES string of the molecule is CCN(Cc1cn(C)nc1-c1ccccc1)CC(C)(C)O. The van der Waals surface area contributed by atoms with Gasteiger partial charge in [-0.15, -0.1) is 0 Å². The van der Waals surface area contributed by atoms with Gasteiger partial charge in [-0.25, -0.2) is 0 Å². The Bertz CT molecular complexity index is 569. The predicted molar refractivity (Wildman–Crippen MR) is 85.9 cm³/mol. The third-order valence-electron chi connectivity index (χ3n) is 3.40. The number of likely N-dealkylation sites (N-methyl/N-ethyl adjacent to an activating group) is 1. The molecule has 2 aromatic rings. The molecule has 4 nitrogen and oxygen atoms in total. The normalized spacial score (nSPS) is 12.1. The number of aryl methyl sites for hydroxylation is 1. The van der Waals surface area contributed by atoms with Crippen LogP contribution in [0, 0.1) is 0 Å². The number of aromatic nitrogens is 2. The van der Waals surface area contributed by atoms with Crippen LogP contribution in [0.25, 0.3) is 11.3 Å². The van der Waals surface area contributed by atoms with E-state index in [0.717, 1.165) is 24.3 Å². The summed E-state index contributed by atoms with van der Waals surface area (Å²) in [6.07, 6.45) is 2.06. The molecule has 0 aliphatic rings. The summed E-state index contributed by atoms with van der Waals surface area (Å²) < 4.78 is 1.86. The lowest BCUT2D eigenvalue weighted by molar-refractivity contribution is 0.0354. The van der Waals surface area contributed by atoms with Gasteiger partial charge in [0.05, 0.1) is 11.3 Å². The molecule has 0 unspecified atom stereocenters. The average molecular weight is 287 g/mol.